The Hall–Kier alpha value is -1.71. The first-order valence-corrected chi connectivity index (χ1v) is 7.66. The van der Waals surface area contributed by atoms with E-state index in [4.69, 9.17) is 4.74 Å². The first kappa shape index (κ1) is 16.7. The molecule has 0 aromatic heterocycles. The zero-order valence-corrected chi connectivity index (χ0v) is 12.5. The monoisotopic (exact) mass is 310 g/mol. The fourth-order valence-corrected chi connectivity index (χ4v) is 2.93. The van der Waals surface area contributed by atoms with Crippen LogP contribution in [-0.4, -0.2) is 6.61 Å². The molecule has 0 N–H and O–H groups in total. The summed E-state index contributed by atoms with van der Waals surface area (Å²) in [6.45, 7) is 4.25. The van der Waals surface area contributed by atoms with Crippen LogP contribution in [0.4, 0.5) is 13.2 Å². The molecule has 0 bridgehead atoms. The van der Waals surface area contributed by atoms with E-state index in [9.17, 15) is 13.2 Å². The van der Waals surface area contributed by atoms with Crippen LogP contribution in [0.5, 0.6) is 5.75 Å². The molecule has 1 aliphatic carbocycles. The highest BCUT2D eigenvalue weighted by atomic mass is 19.3. The van der Waals surface area contributed by atoms with E-state index in [1.54, 1.807) is 6.08 Å². The Morgan fingerprint density at radius 3 is 2.27 bits per heavy atom. The highest BCUT2D eigenvalue weighted by Crippen LogP contribution is 2.40. The third-order valence-electron chi connectivity index (χ3n) is 4.21. The van der Waals surface area contributed by atoms with Gasteiger partial charge in [0.25, 0.3) is 0 Å². The molecule has 0 amide bonds. The second-order valence-electron chi connectivity index (χ2n) is 5.65. The summed E-state index contributed by atoms with van der Waals surface area (Å²) < 4.78 is 43.4. The minimum absolute atomic E-state index is 0.314. The van der Waals surface area contributed by atoms with Crippen LogP contribution in [0, 0.1) is 5.92 Å². The van der Waals surface area contributed by atoms with Crippen molar-refractivity contribution in [2.75, 3.05) is 6.61 Å². The molecule has 4 heteroatoms. The van der Waals surface area contributed by atoms with Gasteiger partial charge in [0.05, 0.1) is 6.61 Å². The molecule has 1 aromatic carbocycles. The summed E-state index contributed by atoms with van der Waals surface area (Å²) in [6, 6.07) is 7.87. The van der Waals surface area contributed by atoms with Crippen molar-refractivity contribution in [3.63, 3.8) is 0 Å². The molecule has 1 fully saturated rings. The van der Waals surface area contributed by atoms with Gasteiger partial charge in [-0.2, -0.15) is 8.78 Å². The van der Waals surface area contributed by atoms with Crippen molar-refractivity contribution in [1.82, 2.24) is 0 Å². The maximum absolute atomic E-state index is 13.2. The summed E-state index contributed by atoms with van der Waals surface area (Å²) in [5.74, 6) is -0.700. The summed E-state index contributed by atoms with van der Waals surface area (Å²) in [5.41, 5.74) is 1.17. The molecule has 0 atom stereocenters. The summed E-state index contributed by atoms with van der Waals surface area (Å²) in [5, 5.41) is 0. The minimum atomic E-state index is -2.16. The van der Waals surface area contributed by atoms with Gasteiger partial charge < -0.3 is 4.74 Å². The number of ether oxygens (including phenoxy) is 1. The quantitative estimate of drug-likeness (QED) is 0.463. The van der Waals surface area contributed by atoms with Crippen LogP contribution in [0.2, 0.25) is 0 Å². The Morgan fingerprint density at radius 2 is 1.73 bits per heavy atom. The van der Waals surface area contributed by atoms with Gasteiger partial charge in [0, 0.05) is 5.92 Å². The van der Waals surface area contributed by atoms with Crippen molar-refractivity contribution in [2.45, 2.75) is 38.0 Å². The van der Waals surface area contributed by atoms with Gasteiger partial charge in [-0.05, 0) is 55.7 Å². The van der Waals surface area contributed by atoms with E-state index in [1.165, 1.54) is 5.56 Å². The Morgan fingerprint density at radius 1 is 1.09 bits per heavy atom. The third kappa shape index (κ3) is 4.39. The number of hydrogen-bond acceptors (Lipinski definition) is 1. The molecule has 0 heterocycles. The summed E-state index contributed by atoms with van der Waals surface area (Å²) in [4.78, 5) is 0. The van der Waals surface area contributed by atoms with Crippen LogP contribution < -0.4 is 4.74 Å². The van der Waals surface area contributed by atoms with Crippen LogP contribution in [-0.2, 0) is 0 Å². The molecular weight excluding hydrogens is 289 g/mol. The first-order valence-electron chi connectivity index (χ1n) is 7.66. The van der Waals surface area contributed by atoms with Gasteiger partial charge in [-0.15, -0.1) is 6.58 Å². The number of benzene rings is 1. The smallest absolute Gasteiger partial charge is 0.301 e. The van der Waals surface area contributed by atoms with Gasteiger partial charge >= 0.3 is 6.08 Å². The molecule has 0 radical (unpaired) electrons. The summed E-state index contributed by atoms with van der Waals surface area (Å²) >= 11 is 0. The molecule has 1 aliphatic rings. The van der Waals surface area contributed by atoms with Crippen molar-refractivity contribution in [2.24, 2.45) is 5.92 Å². The maximum Gasteiger partial charge on any atom is 0.301 e. The molecule has 0 aliphatic heterocycles. The summed E-state index contributed by atoms with van der Waals surface area (Å²) in [6.07, 6.45) is 2.88. The van der Waals surface area contributed by atoms with Crippen LogP contribution in [0.3, 0.4) is 0 Å². The van der Waals surface area contributed by atoms with Crippen molar-refractivity contribution >= 4 is 0 Å². The van der Waals surface area contributed by atoms with E-state index in [0.29, 0.717) is 25.4 Å². The highest BCUT2D eigenvalue weighted by Gasteiger charge is 2.27. The second-order valence-corrected chi connectivity index (χ2v) is 5.65. The number of halogens is 3. The topological polar surface area (TPSA) is 9.23 Å². The Kier molecular flexibility index (Phi) is 6.10. The first-order chi connectivity index (χ1) is 10.6. The van der Waals surface area contributed by atoms with E-state index in [0.717, 1.165) is 25.0 Å². The fourth-order valence-electron chi connectivity index (χ4n) is 2.93. The van der Waals surface area contributed by atoms with Gasteiger partial charge in [-0.3, -0.25) is 0 Å². The van der Waals surface area contributed by atoms with Crippen molar-refractivity contribution in [3.05, 3.63) is 54.4 Å². The maximum atomic E-state index is 13.2. The van der Waals surface area contributed by atoms with Crippen LogP contribution in [0.25, 0.3) is 0 Å². The molecule has 0 saturated heterocycles. The van der Waals surface area contributed by atoms with E-state index >= 15 is 0 Å². The molecular formula is C18H21F3O. The fraction of sp³-hybridized carbons (Fsp3) is 0.444. The summed E-state index contributed by atoms with van der Waals surface area (Å²) in [7, 11) is 0. The number of hydrogen-bond donors (Lipinski definition) is 0. The molecule has 1 nitrogen and oxygen atoms in total. The van der Waals surface area contributed by atoms with Crippen molar-refractivity contribution in [3.8, 4) is 5.75 Å². The lowest BCUT2D eigenvalue weighted by molar-refractivity contribution is 0.281. The predicted octanol–water partition coefficient (Wildman–Crippen LogP) is 5.99. The standard InChI is InChI=1S/C18H21F3O/c1-2-3-12-22-16-10-8-14(9-11-16)13-4-6-15(7-5-13)17(19)18(20)21/h2,8-11,13,15H,1,3-7,12H2. The average molecular weight is 310 g/mol. The van der Waals surface area contributed by atoms with E-state index < -0.39 is 17.8 Å². The van der Waals surface area contributed by atoms with Gasteiger partial charge in [0.15, 0.2) is 5.83 Å². The largest absolute Gasteiger partial charge is 0.493 e. The van der Waals surface area contributed by atoms with E-state index in [1.807, 2.05) is 24.3 Å². The Balaban J connectivity index is 1.89. The number of allylic oxidation sites excluding steroid dienone is 1. The zero-order chi connectivity index (χ0) is 15.9. The molecule has 1 saturated carbocycles. The molecule has 2 rings (SSSR count). The van der Waals surface area contributed by atoms with Gasteiger partial charge in [0.2, 0.25) is 0 Å². The molecule has 0 spiro atoms. The van der Waals surface area contributed by atoms with Crippen LogP contribution >= 0.6 is 0 Å². The van der Waals surface area contributed by atoms with Crippen molar-refractivity contribution < 1.29 is 17.9 Å². The lowest BCUT2D eigenvalue weighted by atomic mass is 9.78. The molecule has 22 heavy (non-hydrogen) atoms. The van der Waals surface area contributed by atoms with E-state index in [2.05, 4.69) is 6.58 Å². The lowest BCUT2D eigenvalue weighted by Gasteiger charge is -2.27. The molecule has 120 valence electrons. The van der Waals surface area contributed by atoms with Crippen LogP contribution in [0.1, 0.15) is 43.6 Å². The van der Waals surface area contributed by atoms with Gasteiger partial charge in [-0.25, -0.2) is 4.39 Å². The van der Waals surface area contributed by atoms with Gasteiger partial charge in [-0.1, -0.05) is 18.2 Å². The third-order valence-corrected chi connectivity index (χ3v) is 4.21. The highest BCUT2D eigenvalue weighted by molar-refractivity contribution is 5.30. The average Bonchev–Trinajstić information content (AvgIpc) is 2.55. The Labute approximate surface area is 129 Å². The predicted molar refractivity (Wildman–Crippen MR) is 81.8 cm³/mol. The lowest BCUT2D eigenvalue weighted by Crippen LogP contribution is -2.14. The molecule has 0 unspecified atom stereocenters. The zero-order valence-electron chi connectivity index (χ0n) is 12.5. The number of rotatable bonds is 6. The minimum Gasteiger partial charge on any atom is -0.493 e. The second kappa shape index (κ2) is 8.06. The normalized spacial score (nSPS) is 21.2. The van der Waals surface area contributed by atoms with Gasteiger partial charge in [0.1, 0.15) is 5.75 Å². The molecule has 1 aromatic rings. The SMILES string of the molecule is C=CCCOc1ccc(C2CCC(C(F)=C(F)F)CC2)cc1. The van der Waals surface area contributed by atoms with Crippen LogP contribution in [0.15, 0.2) is 48.8 Å². The Bertz CT molecular complexity index is 510. The van der Waals surface area contributed by atoms with E-state index in [-0.39, 0.29) is 0 Å². The van der Waals surface area contributed by atoms with Crippen molar-refractivity contribution in [1.29, 1.82) is 0 Å².